The Morgan fingerprint density at radius 3 is 2.80 bits per heavy atom. The number of fused-ring (bicyclic) bond motifs is 5. The van der Waals surface area contributed by atoms with E-state index in [1.807, 2.05) is 0 Å². The van der Waals surface area contributed by atoms with Crippen LogP contribution >= 0.6 is 0 Å². The Morgan fingerprint density at radius 1 is 1.08 bits per heavy atom. The number of Topliss-reactive ketones (excluding diaryl/α,β-unsaturated/α-hetero) is 1. The number of aryl methyl sites for hydroxylation is 2. The van der Waals surface area contributed by atoms with Gasteiger partial charge in [-0.3, -0.25) is 4.79 Å². The maximum absolute atomic E-state index is 12.2. The maximum atomic E-state index is 12.2. The fourth-order valence-electron chi connectivity index (χ4n) is 4.97. The van der Waals surface area contributed by atoms with Crippen LogP contribution in [-0.2, 0) is 13.0 Å². The average molecular weight is 332 g/mol. The van der Waals surface area contributed by atoms with Crippen molar-refractivity contribution in [3.8, 4) is 0 Å². The summed E-state index contributed by atoms with van der Waals surface area (Å²) in [5.41, 5.74) is 4.84. The minimum atomic E-state index is 0.307. The van der Waals surface area contributed by atoms with E-state index < -0.39 is 0 Å². The number of carbonyl (C=O) groups excluding carboxylic acids is 1. The maximum Gasteiger partial charge on any atom is 0.163 e. The van der Waals surface area contributed by atoms with Crippen molar-refractivity contribution >= 4 is 27.6 Å². The van der Waals surface area contributed by atoms with Crippen LogP contribution in [0.3, 0.4) is 0 Å². The third kappa shape index (κ3) is 2.26. The van der Waals surface area contributed by atoms with Gasteiger partial charge in [0.2, 0.25) is 0 Å². The van der Waals surface area contributed by atoms with Crippen molar-refractivity contribution in [3.63, 3.8) is 0 Å². The van der Waals surface area contributed by atoms with Crippen LogP contribution in [0, 0.1) is 0 Å². The molecule has 0 N–H and O–H groups in total. The van der Waals surface area contributed by atoms with Crippen LogP contribution < -0.4 is 0 Å². The first kappa shape index (κ1) is 15.2. The number of para-hydroxylation sites is 1. The third-order valence-electron chi connectivity index (χ3n) is 6.31. The first-order valence-electron chi connectivity index (χ1n) is 9.50. The van der Waals surface area contributed by atoms with Gasteiger partial charge in [0.25, 0.3) is 0 Å². The van der Waals surface area contributed by atoms with Gasteiger partial charge in [-0.15, -0.1) is 0 Å². The molecular weight excluding hydrogens is 308 g/mol. The Bertz CT molecular complexity index is 985. The predicted octanol–water partition coefficient (Wildman–Crippen LogP) is 4.41. The third-order valence-corrected chi connectivity index (χ3v) is 6.31. The van der Waals surface area contributed by atoms with Crippen LogP contribution in [0.5, 0.6) is 0 Å². The van der Waals surface area contributed by atoms with E-state index >= 15 is 0 Å². The zero-order valence-corrected chi connectivity index (χ0v) is 14.8. The number of benzene rings is 2. The molecule has 0 saturated carbocycles. The normalized spacial score (nSPS) is 20.8. The van der Waals surface area contributed by atoms with E-state index in [0.717, 1.165) is 18.5 Å². The summed E-state index contributed by atoms with van der Waals surface area (Å²) in [7, 11) is 2.25. The van der Waals surface area contributed by atoms with Crippen LogP contribution in [0.4, 0.5) is 0 Å². The number of ketones is 1. The summed E-state index contributed by atoms with van der Waals surface area (Å²) in [6.07, 6.45) is 5.40. The fourth-order valence-corrected chi connectivity index (χ4v) is 4.97. The summed E-state index contributed by atoms with van der Waals surface area (Å²) >= 11 is 0. The van der Waals surface area contributed by atoms with Crippen molar-refractivity contribution in [3.05, 3.63) is 47.5 Å². The zero-order valence-electron chi connectivity index (χ0n) is 14.8. The summed E-state index contributed by atoms with van der Waals surface area (Å²) in [6, 6.07) is 13.6. The van der Waals surface area contributed by atoms with Crippen molar-refractivity contribution in [1.82, 2.24) is 9.47 Å². The molecule has 1 aromatic heterocycles. The fraction of sp³-hybridized carbons (Fsp3) is 0.409. The van der Waals surface area contributed by atoms with Crippen molar-refractivity contribution in [1.29, 1.82) is 0 Å². The average Bonchev–Trinajstić information content (AvgIpc) is 3.29. The molecule has 3 nitrogen and oxygen atoms in total. The van der Waals surface area contributed by atoms with Gasteiger partial charge in [0.15, 0.2) is 5.78 Å². The summed E-state index contributed by atoms with van der Waals surface area (Å²) in [5, 5.41) is 2.63. The van der Waals surface area contributed by atoms with Gasteiger partial charge in [0.1, 0.15) is 0 Å². The highest BCUT2D eigenvalue weighted by molar-refractivity contribution is 6.15. The molecule has 5 rings (SSSR count). The van der Waals surface area contributed by atoms with Crippen molar-refractivity contribution in [2.45, 2.75) is 44.7 Å². The zero-order chi connectivity index (χ0) is 17.0. The largest absolute Gasteiger partial charge is 0.340 e. The first-order chi connectivity index (χ1) is 12.2. The number of rotatable bonds is 3. The molecule has 0 amide bonds. The number of hydrogen-bond acceptors (Lipinski definition) is 2. The summed E-state index contributed by atoms with van der Waals surface area (Å²) in [6.45, 7) is 2.28. The highest BCUT2D eigenvalue weighted by atomic mass is 16.1. The Morgan fingerprint density at radius 2 is 1.96 bits per heavy atom. The van der Waals surface area contributed by atoms with Crippen molar-refractivity contribution in [2.75, 3.05) is 13.6 Å². The quantitative estimate of drug-likeness (QED) is 0.710. The second kappa shape index (κ2) is 5.70. The van der Waals surface area contributed by atoms with Crippen LogP contribution in [0.2, 0.25) is 0 Å². The molecule has 3 heteroatoms. The molecule has 0 bridgehead atoms. The van der Waals surface area contributed by atoms with E-state index in [1.54, 1.807) is 0 Å². The molecule has 1 aliphatic heterocycles. The molecule has 2 aliphatic rings. The van der Waals surface area contributed by atoms with E-state index in [4.69, 9.17) is 0 Å². The number of carbonyl (C=O) groups is 1. The summed E-state index contributed by atoms with van der Waals surface area (Å²) in [5.74, 6) is 0.307. The lowest BCUT2D eigenvalue weighted by molar-refractivity contribution is 0.0994. The monoisotopic (exact) mass is 332 g/mol. The van der Waals surface area contributed by atoms with Gasteiger partial charge in [0.05, 0.1) is 0 Å². The Labute approximate surface area is 148 Å². The van der Waals surface area contributed by atoms with Gasteiger partial charge in [-0.1, -0.05) is 18.2 Å². The van der Waals surface area contributed by atoms with Crippen LogP contribution in [-0.4, -0.2) is 34.9 Å². The van der Waals surface area contributed by atoms with Crippen LogP contribution in [0.15, 0.2) is 36.4 Å². The first-order valence-corrected chi connectivity index (χ1v) is 9.50. The number of aromatic nitrogens is 1. The summed E-state index contributed by atoms with van der Waals surface area (Å²) in [4.78, 5) is 14.7. The van der Waals surface area contributed by atoms with E-state index in [9.17, 15) is 4.79 Å². The van der Waals surface area contributed by atoms with Gasteiger partial charge in [-0.25, -0.2) is 0 Å². The molecule has 0 unspecified atom stereocenters. The SMILES string of the molecule is CN1CCC[C@@H]1CCn1c2ccccc2c2c3c(ccc21)C(=O)CC3. The summed E-state index contributed by atoms with van der Waals surface area (Å²) < 4.78 is 2.49. The van der Waals surface area contributed by atoms with Gasteiger partial charge in [-0.05, 0) is 63.0 Å². The Kier molecular flexibility index (Phi) is 3.46. The molecular formula is C22H24N2O. The second-order valence-electron chi connectivity index (χ2n) is 7.64. The number of hydrogen-bond donors (Lipinski definition) is 0. The molecule has 0 radical (unpaired) electrons. The van der Waals surface area contributed by atoms with Crippen LogP contribution in [0.25, 0.3) is 21.8 Å². The van der Waals surface area contributed by atoms with Gasteiger partial charge >= 0.3 is 0 Å². The lowest BCUT2D eigenvalue weighted by Gasteiger charge is -2.20. The molecule has 1 saturated heterocycles. The highest BCUT2D eigenvalue weighted by Crippen LogP contribution is 2.37. The highest BCUT2D eigenvalue weighted by Gasteiger charge is 2.25. The molecule has 128 valence electrons. The molecule has 2 heterocycles. The molecule has 3 aromatic rings. The van der Waals surface area contributed by atoms with E-state index in [0.29, 0.717) is 18.2 Å². The topological polar surface area (TPSA) is 25.2 Å². The minimum Gasteiger partial charge on any atom is -0.340 e. The molecule has 1 aliphatic carbocycles. The van der Waals surface area contributed by atoms with Gasteiger partial charge in [-0.2, -0.15) is 0 Å². The Hall–Kier alpha value is -2.13. The van der Waals surface area contributed by atoms with E-state index in [1.165, 1.54) is 53.2 Å². The minimum absolute atomic E-state index is 0.307. The smallest absolute Gasteiger partial charge is 0.163 e. The number of likely N-dealkylation sites (tertiary alicyclic amines) is 1. The molecule has 25 heavy (non-hydrogen) atoms. The number of nitrogens with zero attached hydrogens (tertiary/aromatic N) is 2. The van der Waals surface area contributed by atoms with Crippen molar-refractivity contribution < 1.29 is 4.79 Å². The van der Waals surface area contributed by atoms with Gasteiger partial charge < -0.3 is 9.47 Å². The van der Waals surface area contributed by atoms with E-state index in [-0.39, 0.29) is 0 Å². The lowest BCUT2D eigenvalue weighted by atomic mass is 10.0. The molecule has 0 spiro atoms. The molecule has 2 aromatic carbocycles. The standard InChI is InChI=1S/C22H24N2O/c1-23-13-4-5-15(23)12-14-24-19-7-3-2-6-18(19)22-17-9-11-21(25)16(17)8-10-20(22)24/h2-3,6-8,10,15H,4-5,9,11-14H2,1H3/t15-/m1/s1. The van der Waals surface area contributed by atoms with Crippen LogP contribution in [0.1, 0.15) is 41.6 Å². The van der Waals surface area contributed by atoms with Gasteiger partial charge in [0, 0.05) is 46.4 Å². The Balaban J connectivity index is 1.65. The van der Waals surface area contributed by atoms with E-state index in [2.05, 4.69) is 52.9 Å². The van der Waals surface area contributed by atoms with Crippen molar-refractivity contribution in [2.24, 2.45) is 0 Å². The molecule has 1 atom stereocenters. The predicted molar refractivity (Wildman–Crippen MR) is 102 cm³/mol. The second-order valence-corrected chi connectivity index (χ2v) is 7.64. The lowest BCUT2D eigenvalue weighted by Crippen LogP contribution is -2.26. The molecule has 1 fully saturated rings.